The standard InChI is InChI=1S/C22H26Br2N2O2/c1-26-8-6-19(7-9-26)25-21-20-5-3-2-4-16(20)14-28-22(21)27-13-15-10-17(23)12-18(24)11-15/h2-5,10-12,19,21-22,25H,6-9,13-14H2,1H3. The molecule has 2 unspecified atom stereocenters. The van der Waals surface area contributed by atoms with Gasteiger partial charge >= 0.3 is 0 Å². The van der Waals surface area contributed by atoms with Crippen LogP contribution in [0.5, 0.6) is 0 Å². The van der Waals surface area contributed by atoms with Gasteiger partial charge in [0, 0.05) is 15.0 Å². The normalized spacial score (nSPS) is 23.5. The van der Waals surface area contributed by atoms with Crippen molar-refractivity contribution in [1.29, 1.82) is 0 Å². The minimum absolute atomic E-state index is 0.0500. The number of hydrogen-bond donors (Lipinski definition) is 1. The summed E-state index contributed by atoms with van der Waals surface area (Å²) in [6.45, 7) is 3.36. The van der Waals surface area contributed by atoms with Gasteiger partial charge in [0.05, 0.1) is 19.3 Å². The Morgan fingerprint density at radius 3 is 2.57 bits per heavy atom. The number of likely N-dealkylation sites (tertiary alicyclic amines) is 1. The second kappa shape index (κ2) is 9.37. The third-order valence-electron chi connectivity index (χ3n) is 5.54. The number of piperidine rings is 1. The van der Waals surface area contributed by atoms with E-state index in [1.165, 1.54) is 11.1 Å². The van der Waals surface area contributed by atoms with Crippen molar-refractivity contribution in [3.63, 3.8) is 0 Å². The highest BCUT2D eigenvalue weighted by atomic mass is 79.9. The Morgan fingerprint density at radius 2 is 1.82 bits per heavy atom. The number of hydrogen-bond acceptors (Lipinski definition) is 4. The van der Waals surface area contributed by atoms with E-state index in [0.29, 0.717) is 19.3 Å². The molecule has 4 rings (SSSR count). The fraction of sp³-hybridized carbons (Fsp3) is 0.455. The molecule has 2 aliphatic rings. The average molecular weight is 510 g/mol. The Bertz CT molecular complexity index is 789. The van der Waals surface area contributed by atoms with Gasteiger partial charge in [0.15, 0.2) is 6.29 Å². The van der Waals surface area contributed by atoms with Crippen LogP contribution in [0.3, 0.4) is 0 Å². The molecule has 1 saturated heterocycles. The average Bonchev–Trinajstić information content (AvgIpc) is 2.68. The molecule has 0 spiro atoms. The molecular weight excluding hydrogens is 484 g/mol. The molecule has 2 atom stereocenters. The maximum absolute atomic E-state index is 6.27. The van der Waals surface area contributed by atoms with Crippen molar-refractivity contribution < 1.29 is 9.47 Å². The summed E-state index contributed by atoms with van der Waals surface area (Å²) in [6.07, 6.45) is 2.01. The van der Waals surface area contributed by atoms with Gasteiger partial charge in [-0.2, -0.15) is 0 Å². The molecule has 2 aromatic carbocycles. The second-order valence-corrected chi connectivity index (χ2v) is 9.52. The molecule has 0 bridgehead atoms. The predicted octanol–water partition coefficient (Wildman–Crippen LogP) is 5.01. The van der Waals surface area contributed by atoms with E-state index in [1.807, 2.05) is 6.07 Å². The van der Waals surface area contributed by atoms with Crippen LogP contribution in [-0.2, 0) is 22.7 Å². The maximum Gasteiger partial charge on any atom is 0.177 e. The minimum atomic E-state index is -0.299. The largest absolute Gasteiger partial charge is 0.346 e. The summed E-state index contributed by atoms with van der Waals surface area (Å²) >= 11 is 7.10. The van der Waals surface area contributed by atoms with E-state index in [-0.39, 0.29) is 12.3 Å². The molecule has 1 fully saturated rings. The van der Waals surface area contributed by atoms with Crippen LogP contribution in [0, 0.1) is 0 Å². The van der Waals surface area contributed by atoms with Crippen LogP contribution in [0.1, 0.15) is 35.6 Å². The van der Waals surface area contributed by atoms with Gasteiger partial charge in [-0.25, -0.2) is 0 Å². The molecule has 2 aromatic rings. The molecule has 150 valence electrons. The molecule has 0 saturated carbocycles. The molecule has 28 heavy (non-hydrogen) atoms. The van der Waals surface area contributed by atoms with Crippen molar-refractivity contribution in [2.75, 3.05) is 20.1 Å². The Balaban J connectivity index is 1.49. The first-order valence-electron chi connectivity index (χ1n) is 9.79. The minimum Gasteiger partial charge on any atom is -0.346 e. The Labute approximate surface area is 183 Å². The first-order valence-corrected chi connectivity index (χ1v) is 11.4. The summed E-state index contributed by atoms with van der Waals surface area (Å²) in [5, 5.41) is 3.85. The van der Waals surface area contributed by atoms with E-state index in [4.69, 9.17) is 9.47 Å². The van der Waals surface area contributed by atoms with Crippen molar-refractivity contribution in [3.8, 4) is 0 Å². The van der Waals surface area contributed by atoms with E-state index in [2.05, 4.69) is 85.5 Å². The summed E-state index contributed by atoms with van der Waals surface area (Å²) in [5.74, 6) is 0. The zero-order chi connectivity index (χ0) is 19.5. The highest BCUT2D eigenvalue weighted by Gasteiger charge is 2.33. The number of ether oxygens (including phenoxy) is 2. The smallest absolute Gasteiger partial charge is 0.177 e. The molecule has 0 aliphatic carbocycles. The van der Waals surface area contributed by atoms with Gasteiger partial charge in [-0.05, 0) is 67.9 Å². The third-order valence-corrected chi connectivity index (χ3v) is 6.45. The number of nitrogens with zero attached hydrogens (tertiary/aromatic N) is 1. The van der Waals surface area contributed by atoms with E-state index < -0.39 is 0 Å². The van der Waals surface area contributed by atoms with Crippen LogP contribution in [0.2, 0.25) is 0 Å². The number of benzene rings is 2. The summed E-state index contributed by atoms with van der Waals surface area (Å²) in [4.78, 5) is 2.39. The summed E-state index contributed by atoms with van der Waals surface area (Å²) in [5.41, 5.74) is 3.66. The van der Waals surface area contributed by atoms with Gasteiger partial charge in [0.1, 0.15) is 0 Å². The molecule has 2 aliphatic heterocycles. The van der Waals surface area contributed by atoms with Gasteiger partial charge in [0.25, 0.3) is 0 Å². The molecular formula is C22H26Br2N2O2. The van der Waals surface area contributed by atoms with Crippen molar-refractivity contribution in [1.82, 2.24) is 10.2 Å². The molecule has 0 amide bonds. The highest BCUT2D eigenvalue weighted by Crippen LogP contribution is 2.32. The molecule has 2 heterocycles. The number of halogens is 2. The van der Waals surface area contributed by atoms with Gasteiger partial charge in [0.2, 0.25) is 0 Å². The number of rotatable bonds is 5. The summed E-state index contributed by atoms with van der Waals surface area (Å²) in [7, 11) is 2.19. The van der Waals surface area contributed by atoms with Crippen LogP contribution in [0.25, 0.3) is 0 Å². The highest BCUT2D eigenvalue weighted by molar-refractivity contribution is 9.11. The lowest BCUT2D eigenvalue weighted by molar-refractivity contribution is -0.184. The predicted molar refractivity (Wildman–Crippen MR) is 118 cm³/mol. The first-order chi connectivity index (χ1) is 13.6. The van der Waals surface area contributed by atoms with Crippen LogP contribution in [-0.4, -0.2) is 37.4 Å². The van der Waals surface area contributed by atoms with Crippen molar-refractivity contribution in [2.45, 2.75) is 44.4 Å². The lowest BCUT2D eigenvalue weighted by Crippen LogP contribution is -2.47. The van der Waals surface area contributed by atoms with Gasteiger partial charge in [-0.15, -0.1) is 0 Å². The van der Waals surface area contributed by atoms with Crippen LogP contribution in [0.4, 0.5) is 0 Å². The van der Waals surface area contributed by atoms with Gasteiger partial charge in [-0.1, -0.05) is 56.1 Å². The van der Waals surface area contributed by atoms with E-state index >= 15 is 0 Å². The topological polar surface area (TPSA) is 33.7 Å². The van der Waals surface area contributed by atoms with E-state index in [1.54, 1.807) is 0 Å². The summed E-state index contributed by atoms with van der Waals surface area (Å²) < 4.78 is 14.5. The van der Waals surface area contributed by atoms with Gasteiger partial charge in [-0.3, -0.25) is 0 Å². The SMILES string of the molecule is CN1CCC(NC2c3ccccc3COC2OCc2cc(Br)cc(Br)c2)CC1. The maximum atomic E-state index is 6.27. The Hall–Kier alpha value is -0.760. The summed E-state index contributed by atoms with van der Waals surface area (Å²) in [6, 6.07) is 15.3. The molecule has 0 aromatic heterocycles. The van der Waals surface area contributed by atoms with Crippen LogP contribution >= 0.6 is 31.9 Å². The van der Waals surface area contributed by atoms with Gasteiger partial charge < -0.3 is 19.7 Å². The zero-order valence-electron chi connectivity index (χ0n) is 16.0. The lowest BCUT2D eigenvalue weighted by Gasteiger charge is -2.38. The lowest BCUT2D eigenvalue weighted by atomic mass is 9.95. The molecule has 0 radical (unpaired) electrons. The fourth-order valence-electron chi connectivity index (χ4n) is 4.00. The van der Waals surface area contributed by atoms with Crippen LogP contribution in [0.15, 0.2) is 51.4 Å². The monoisotopic (exact) mass is 508 g/mol. The van der Waals surface area contributed by atoms with E-state index in [0.717, 1.165) is 40.4 Å². The van der Waals surface area contributed by atoms with Crippen molar-refractivity contribution in [3.05, 3.63) is 68.1 Å². The quantitative estimate of drug-likeness (QED) is 0.614. The molecule has 1 N–H and O–H groups in total. The van der Waals surface area contributed by atoms with Crippen LogP contribution < -0.4 is 5.32 Å². The second-order valence-electron chi connectivity index (χ2n) is 7.69. The zero-order valence-corrected chi connectivity index (χ0v) is 19.2. The Kier molecular flexibility index (Phi) is 6.86. The molecule has 4 nitrogen and oxygen atoms in total. The van der Waals surface area contributed by atoms with E-state index in [9.17, 15) is 0 Å². The molecule has 6 heteroatoms. The number of nitrogens with one attached hydrogen (secondary N) is 1. The Morgan fingerprint density at radius 1 is 1.11 bits per heavy atom. The number of fused-ring (bicyclic) bond motifs is 1. The third kappa shape index (κ3) is 5.04. The van der Waals surface area contributed by atoms with Crippen molar-refractivity contribution >= 4 is 31.9 Å². The fourth-order valence-corrected chi connectivity index (χ4v) is 5.39. The van der Waals surface area contributed by atoms with Crippen molar-refractivity contribution in [2.24, 2.45) is 0 Å². The first kappa shape index (κ1) is 20.5.